The highest BCUT2D eigenvalue weighted by Gasteiger charge is 2.13. The summed E-state index contributed by atoms with van der Waals surface area (Å²) in [5.41, 5.74) is 0. The fraction of sp³-hybridized carbons (Fsp3) is 1.00. The first kappa shape index (κ1) is 37.7. The van der Waals surface area contributed by atoms with Crippen LogP contribution >= 0.6 is 0 Å². The Morgan fingerprint density at radius 3 is 0.974 bits per heavy atom. The molecule has 0 spiro atoms. The summed E-state index contributed by atoms with van der Waals surface area (Å²) in [5, 5.41) is 0. The second-order valence-corrected chi connectivity index (χ2v) is 14.1. The Hall–Kier alpha value is -0.260. The maximum Gasteiger partial charge on any atom is 0.264 e. The largest absolute Gasteiger partial charge is 0.302 e. The lowest BCUT2D eigenvalue weighted by molar-refractivity contribution is 0.198. The quantitative estimate of drug-likeness (QED) is 0.0764. The monoisotopic (exact) mass is 584 g/mol. The molecule has 0 aromatic carbocycles. The Kier molecular flexibility index (Phi) is 24.4. The number of hydrogen-bond donors (Lipinski definition) is 2. The zero-order chi connectivity index (χ0) is 28.5. The molecule has 0 saturated heterocycles. The first-order chi connectivity index (χ1) is 18.1. The number of hydrogen-bond acceptors (Lipinski definition) is 6. The molecule has 2 N–H and O–H groups in total. The van der Waals surface area contributed by atoms with E-state index in [1.54, 1.807) is 0 Å². The predicted molar refractivity (Wildman–Crippen MR) is 160 cm³/mol. The van der Waals surface area contributed by atoms with E-state index in [1.165, 1.54) is 77.0 Å². The van der Waals surface area contributed by atoms with Crippen molar-refractivity contribution in [3.63, 3.8) is 0 Å². The molecule has 8 nitrogen and oxygen atoms in total. The highest BCUT2D eigenvalue weighted by molar-refractivity contribution is 7.86. The van der Waals surface area contributed by atoms with Gasteiger partial charge in [0.15, 0.2) is 0 Å². The molecule has 0 unspecified atom stereocenters. The van der Waals surface area contributed by atoms with Gasteiger partial charge in [-0.1, -0.05) is 104 Å². The third kappa shape index (κ3) is 28.7. The van der Waals surface area contributed by atoms with Crippen molar-refractivity contribution < 1.29 is 25.9 Å². The third-order valence-corrected chi connectivity index (χ3v) is 8.75. The molecule has 38 heavy (non-hydrogen) atoms. The standard InChI is InChI=1S/C28H60N2O6S2/c1-3-5-7-9-10-11-12-13-14-15-16-18-22-30(24-20-28-38(34,35)36)26-25-29(21-17-8-6-4-2)23-19-27-37(31,32)33/h3-28H2,1-2H3,(H,31,32,33)(H,34,35,36). The van der Waals surface area contributed by atoms with Gasteiger partial charge in [0.05, 0.1) is 11.5 Å². The minimum absolute atomic E-state index is 0.225. The summed E-state index contributed by atoms with van der Waals surface area (Å²) in [5.74, 6) is -0.452. The van der Waals surface area contributed by atoms with Crippen LogP contribution in [0.3, 0.4) is 0 Å². The van der Waals surface area contributed by atoms with E-state index in [4.69, 9.17) is 9.11 Å². The Morgan fingerprint density at radius 2 is 0.658 bits per heavy atom. The van der Waals surface area contributed by atoms with E-state index in [0.717, 1.165) is 51.9 Å². The lowest BCUT2D eigenvalue weighted by Gasteiger charge is -2.28. The molecule has 0 aromatic rings. The van der Waals surface area contributed by atoms with Gasteiger partial charge < -0.3 is 9.80 Å². The minimum Gasteiger partial charge on any atom is -0.302 e. The molecule has 10 heteroatoms. The van der Waals surface area contributed by atoms with Crippen molar-refractivity contribution in [2.45, 2.75) is 129 Å². The van der Waals surface area contributed by atoms with Crippen LogP contribution in [0.1, 0.15) is 129 Å². The Labute approximate surface area is 235 Å². The van der Waals surface area contributed by atoms with Gasteiger partial charge in [-0.3, -0.25) is 9.11 Å². The van der Waals surface area contributed by atoms with Crippen molar-refractivity contribution in [2.24, 2.45) is 0 Å². The molecule has 0 amide bonds. The van der Waals surface area contributed by atoms with Crippen LogP contribution < -0.4 is 0 Å². The van der Waals surface area contributed by atoms with Gasteiger partial charge in [0.2, 0.25) is 0 Å². The minimum atomic E-state index is -3.96. The maximum absolute atomic E-state index is 11.2. The van der Waals surface area contributed by atoms with E-state index in [2.05, 4.69) is 23.6 Å². The molecule has 0 aliphatic heterocycles. The van der Waals surface area contributed by atoms with Gasteiger partial charge in [0, 0.05) is 13.1 Å². The molecule has 0 atom stereocenters. The summed E-state index contributed by atoms with van der Waals surface area (Å²) in [6, 6.07) is 0. The molecule has 0 heterocycles. The Morgan fingerprint density at radius 1 is 0.395 bits per heavy atom. The smallest absolute Gasteiger partial charge is 0.264 e. The highest BCUT2D eigenvalue weighted by atomic mass is 32.2. The van der Waals surface area contributed by atoms with Crippen LogP contribution in [-0.2, 0) is 20.2 Å². The summed E-state index contributed by atoms with van der Waals surface area (Å²) in [6.07, 6.45) is 20.8. The van der Waals surface area contributed by atoms with Crippen LogP contribution in [0.2, 0.25) is 0 Å². The zero-order valence-corrected chi connectivity index (χ0v) is 26.3. The summed E-state index contributed by atoms with van der Waals surface area (Å²) < 4.78 is 62.8. The van der Waals surface area contributed by atoms with E-state index in [9.17, 15) is 16.8 Å². The molecule has 230 valence electrons. The summed E-state index contributed by atoms with van der Waals surface area (Å²) >= 11 is 0. The normalized spacial score (nSPS) is 12.7. The number of rotatable bonds is 29. The fourth-order valence-corrected chi connectivity index (χ4v) is 5.82. The maximum atomic E-state index is 11.2. The van der Waals surface area contributed by atoms with Gasteiger partial charge in [0.1, 0.15) is 0 Å². The highest BCUT2D eigenvalue weighted by Crippen LogP contribution is 2.12. The van der Waals surface area contributed by atoms with Gasteiger partial charge in [-0.05, 0) is 51.9 Å². The van der Waals surface area contributed by atoms with Gasteiger partial charge in [0.25, 0.3) is 20.2 Å². The number of nitrogens with zero attached hydrogens (tertiary/aromatic N) is 2. The lowest BCUT2D eigenvalue weighted by atomic mass is 10.1. The Bertz CT molecular complexity index is 732. The molecular formula is C28H60N2O6S2. The van der Waals surface area contributed by atoms with Crippen molar-refractivity contribution in [3.8, 4) is 0 Å². The van der Waals surface area contributed by atoms with Crippen molar-refractivity contribution in [3.05, 3.63) is 0 Å². The van der Waals surface area contributed by atoms with Crippen molar-refractivity contribution in [1.82, 2.24) is 9.80 Å². The van der Waals surface area contributed by atoms with Crippen LogP contribution in [0.5, 0.6) is 0 Å². The topological polar surface area (TPSA) is 115 Å². The van der Waals surface area contributed by atoms with Gasteiger partial charge >= 0.3 is 0 Å². The fourth-order valence-electron chi connectivity index (χ4n) is 4.83. The first-order valence-corrected chi connectivity index (χ1v) is 18.6. The zero-order valence-electron chi connectivity index (χ0n) is 24.6. The molecule has 0 bridgehead atoms. The van der Waals surface area contributed by atoms with E-state index in [1.807, 2.05) is 0 Å². The van der Waals surface area contributed by atoms with E-state index in [-0.39, 0.29) is 11.5 Å². The molecule has 0 saturated carbocycles. The average molecular weight is 585 g/mol. The Balaban J connectivity index is 4.47. The molecule has 0 aliphatic carbocycles. The van der Waals surface area contributed by atoms with E-state index < -0.39 is 20.2 Å². The molecule has 0 fully saturated rings. The van der Waals surface area contributed by atoms with Gasteiger partial charge in [-0.2, -0.15) is 16.8 Å². The molecular weight excluding hydrogens is 524 g/mol. The SMILES string of the molecule is CCCCCCCCCCCCCCN(CCCS(=O)(=O)O)CCN(CCCCCC)CCCS(=O)(=O)O. The summed E-state index contributed by atoms with van der Waals surface area (Å²) in [7, 11) is -7.91. The molecule has 0 aromatic heterocycles. The van der Waals surface area contributed by atoms with Crippen LogP contribution in [0.4, 0.5) is 0 Å². The van der Waals surface area contributed by atoms with Gasteiger partial charge in [-0.15, -0.1) is 0 Å². The average Bonchev–Trinajstić information content (AvgIpc) is 2.83. The second-order valence-electron chi connectivity index (χ2n) is 10.9. The first-order valence-electron chi connectivity index (χ1n) is 15.4. The van der Waals surface area contributed by atoms with E-state index in [0.29, 0.717) is 25.9 Å². The molecule has 0 radical (unpaired) electrons. The van der Waals surface area contributed by atoms with Crippen molar-refractivity contribution in [2.75, 3.05) is 50.8 Å². The van der Waals surface area contributed by atoms with Crippen LogP contribution in [0.25, 0.3) is 0 Å². The summed E-state index contributed by atoms with van der Waals surface area (Å²) in [4.78, 5) is 4.54. The van der Waals surface area contributed by atoms with Crippen LogP contribution in [0.15, 0.2) is 0 Å². The van der Waals surface area contributed by atoms with Crippen LogP contribution in [-0.4, -0.2) is 86.5 Å². The molecule has 0 rings (SSSR count). The third-order valence-electron chi connectivity index (χ3n) is 7.14. The van der Waals surface area contributed by atoms with E-state index >= 15 is 0 Å². The van der Waals surface area contributed by atoms with Crippen molar-refractivity contribution in [1.29, 1.82) is 0 Å². The molecule has 0 aliphatic rings. The van der Waals surface area contributed by atoms with Gasteiger partial charge in [-0.25, -0.2) is 0 Å². The lowest BCUT2D eigenvalue weighted by Crippen LogP contribution is -2.38. The second kappa shape index (κ2) is 24.5. The van der Waals surface area contributed by atoms with Crippen LogP contribution in [0, 0.1) is 0 Å². The number of unbranched alkanes of at least 4 members (excludes halogenated alkanes) is 14. The predicted octanol–water partition coefficient (Wildman–Crippen LogP) is 6.43. The van der Waals surface area contributed by atoms with Crippen molar-refractivity contribution >= 4 is 20.2 Å². The summed E-state index contributed by atoms with van der Waals surface area (Å²) in [6.45, 7) is 9.01.